The monoisotopic (exact) mass is 239 g/mol. The number of aromatic amines is 1. The zero-order valence-corrected chi connectivity index (χ0v) is 9.75. The van der Waals surface area contributed by atoms with Crippen LogP contribution in [-0.2, 0) is 0 Å². The molecule has 0 saturated heterocycles. The van der Waals surface area contributed by atoms with E-state index < -0.39 is 6.03 Å². The van der Waals surface area contributed by atoms with Gasteiger partial charge in [0.05, 0.1) is 0 Å². The second-order valence-corrected chi connectivity index (χ2v) is 3.61. The Morgan fingerprint density at radius 3 is 2.94 bits per heavy atom. The fourth-order valence-corrected chi connectivity index (χ4v) is 1.26. The molecule has 0 aliphatic rings. The van der Waals surface area contributed by atoms with Crippen LogP contribution in [0.3, 0.4) is 0 Å². The molecular weight excluding hydrogens is 222 g/mol. The van der Waals surface area contributed by atoms with Crippen LogP contribution < -0.4 is 21.9 Å². The highest BCUT2D eigenvalue weighted by Crippen LogP contribution is 1.95. The van der Waals surface area contributed by atoms with Crippen molar-refractivity contribution < 1.29 is 4.79 Å². The van der Waals surface area contributed by atoms with E-state index in [-0.39, 0.29) is 11.5 Å². The first-order valence-electron chi connectivity index (χ1n) is 5.44. The van der Waals surface area contributed by atoms with Crippen LogP contribution in [0.15, 0.2) is 10.9 Å². The van der Waals surface area contributed by atoms with Crippen LogP contribution in [0.25, 0.3) is 0 Å². The number of nitrogens with one attached hydrogen (secondary N) is 3. The minimum Gasteiger partial charge on any atom is -0.338 e. The lowest BCUT2D eigenvalue weighted by molar-refractivity contribution is 0.251. The zero-order valence-electron chi connectivity index (χ0n) is 9.75. The van der Waals surface area contributed by atoms with Crippen LogP contribution in [-0.4, -0.2) is 29.1 Å². The number of nitrogens with zero attached hydrogens (tertiary/aromatic N) is 1. The molecule has 0 aliphatic heterocycles. The van der Waals surface area contributed by atoms with Crippen molar-refractivity contribution in [1.29, 1.82) is 0 Å². The van der Waals surface area contributed by atoms with Gasteiger partial charge >= 0.3 is 6.03 Å². The van der Waals surface area contributed by atoms with E-state index in [1.54, 1.807) is 6.92 Å². The maximum Gasteiger partial charge on any atom is 0.321 e. The molecule has 94 valence electrons. The van der Waals surface area contributed by atoms with E-state index in [0.29, 0.717) is 18.8 Å². The molecule has 0 aromatic carbocycles. The Bertz CT molecular complexity index is 429. The Morgan fingerprint density at radius 2 is 2.29 bits per heavy atom. The van der Waals surface area contributed by atoms with Crippen molar-refractivity contribution in [3.05, 3.63) is 22.1 Å². The molecule has 17 heavy (non-hydrogen) atoms. The SMILES string of the molecule is Cc1cc(=O)[nH]c(NC(=O)NCCCCN)n1. The average Bonchev–Trinajstić information content (AvgIpc) is 2.23. The Labute approximate surface area is 98.8 Å². The summed E-state index contributed by atoms with van der Waals surface area (Å²) in [6.07, 6.45) is 1.68. The number of H-pyrrole nitrogens is 1. The van der Waals surface area contributed by atoms with E-state index >= 15 is 0 Å². The number of hydrogen-bond donors (Lipinski definition) is 4. The molecule has 0 atom stereocenters. The maximum atomic E-state index is 11.4. The van der Waals surface area contributed by atoms with Crippen LogP contribution in [0, 0.1) is 6.92 Å². The minimum absolute atomic E-state index is 0.145. The minimum atomic E-state index is -0.393. The largest absolute Gasteiger partial charge is 0.338 e. The lowest BCUT2D eigenvalue weighted by atomic mass is 10.3. The molecule has 7 heteroatoms. The van der Waals surface area contributed by atoms with Gasteiger partial charge in [0.2, 0.25) is 5.95 Å². The molecule has 0 aliphatic carbocycles. The van der Waals surface area contributed by atoms with E-state index in [4.69, 9.17) is 5.73 Å². The number of nitrogens with two attached hydrogens (primary N) is 1. The number of carbonyl (C=O) groups is 1. The molecular formula is C10H17N5O2. The van der Waals surface area contributed by atoms with Gasteiger partial charge in [0.1, 0.15) is 0 Å². The average molecular weight is 239 g/mol. The standard InChI is InChI=1S/C10H17N5O2/c1-7-6-8(16)14-9(13-7)15-10(17)12-5-3-2-4-11/h6H,2-5,11H2,1H3,(H3,12,13,14,15,16,17). The van der Waals surface area contributed by atoms with Gasteiger partial charge in [-0.1, -0.05) is 0 Å². The topological polar surface area (TPSA) is 113 Å². The van der Waals surface area contributed by atoms with Crippen LogP contribution >= 0.6 is 0 Å². The number of rotatable bonds is 5. The van der Waals surface area contributed by atoms with E-state index in [0.717, 1.165) is 12.8 Å². The molecule has 0 saturated carbocycles. The lowest BCUT2D eigenvalue weighted by Gasteiger charge is -2.06. The highest BCUT2D eigenvalue weighted by molar-refractivity contribution is 5.87. The number of urea groups is 1. The van der Waals surface area contributed by atoms with Crippen molar-refractivity contribution in [3.8, 4) is 0 Å². The number of anilines is 1. The molecule has 0 radical (unpaired) electrons. The van der Waals surface area contributed by atoms with Crippen molar-refractivity contribution in [3.63, 3.8) is 0 Å². The molecule has 1 rings (SSSR count). The summed E-state index contributed by atoms with van der Waals surface area (Å²) in [4.78, 5) is 28.9. The van der Waals surface area contributed by atoms with Crippen molar-refractivity contribution in [1.82, 2.24) is 15.3 Å². The fraction of sp³-hybridized carbons (Fsp3) is 0.500. The van der Waals surface area contributed by atoms with Crippen LogP contribution in [0.4, 0.5) is 10.7 Å². The highest BCUT2D eigenvalue weighted by Gasteiger charge is 2.03. The third-order valence-electron chi connectivity index (χ3n) is 2.02. The van der Waals surface area contributed by atoms with Gasteiger partial charge in [0.15, 0.2) is 0 Å². The summed E-state index contributed by atoms with van der Waals surface area (Å²) >= 11 is 0. The van der Waals surface area contributed by atoms with E-state index in [1.165, 1.54) is 6.07 Å². The van der Waals surface area contributed by atoms with Gasteiger partial charge in [-0.25, -0.2) is 9.78 Å². The van der Waals surface area contributed by atoms with Gasteiger partial charge < -0.3 is 11.1 Å². The number of hydrogen-bond acceptors (Lipinski definition) is 4. The van der Waals surface area contributed by atoms with Gasteiger partial charge in [0.25, 0.3) is 5.56 Å². The molecule has 0 fully saturated rings. The predicted molar refractivity (Wildman–Crippen MR) is 64.9 cm³/mol. The summed E-state index contributed by atoms with van der Waals surface area (Å²) < 4.78 is 0. The molecule has 2 amide bonds. The van der Waals surface area contributed by atoms with Crippen molar-refractivity contribution in [2.24, 2.45) is 5.73 Å². The molecule has 1 aromatic heterocycles. The molecule has 7 nitrogen and oxygen atoms in total. The summed E-state index contributed by atoms with van der Waals surface area (Å²) in [5.41, 5.74) is 5.58. The summed E-state index contributed by atoms with van der Waals surface area (Å²) in [6.45, 7) is 2.83. The zero-order chi connectivity index (χ0) is 12.7. The Hall–Kier alpha value is -1.89. The third kappa shape index (κ3) is 5.12. The number of unbranched alkanes of at least 4 members (excludes halogenated alkanes) is 1. The first kappa shape index (κ1) is 13.2. The van der Waals surface area contributed by atoms with Gasteiger partial charge in [-0.3, -0.25) is 15.1 Å². The van der Waals surface area contributed by atoms with Crippen LogP contribution in [0.1, 0.15) is 18.5 Å². The van der Waals surface area contributed by atoms with Crippen LogP contribution in [0.2, 0.25) is 0 Å². The van der Waals surface area contributed by atoms with E-state index in [2.05, 4.69) is 20.6 Å². The Morgan fingerprint density at radius 1 is 1.53 bits per heavy atom. The lowest BCUT2D eigenvalue weighted by Crippen LogP contribution is -2.31. The maximum absolute atomic E-state index is 11.4. The van der Waals surface area contributed by atoms with Crippen LogP contribution in [0.5, 0.6) is 0 Å². The van der Waals surface area contributed by atoms with Gasteiger partial charge in [0, 0.05) is 18.3 Å². The van der Waals surface area contributed by atoms with Gasteiger partial charge in [-0.05, 0) is 26.3 Å². The Kier molecular flexibility index (Phi) is 5.15. The smallest absolute Gasteiger partial charge is 0.321 e. The van der Waals surface area contributed by atoms with E-state index in [1.807, 2.05) is 0 Å². The highest BCUT2D eigenvalue weighted by atomic mass is 16.2. The van der Waals surface area contributed by atoms with Crippen molar-refractivity contribution in [2.75, 3.05) is 18.4 Å². The predicted octanol–water partition coefficient (Wildman–Crippen LogP) is -0.0613. The second-order valence-electron chi connectivity index (χ2n) is 3.61. The summed E-state index contributed by atoms with van der Waals surface area (Å²) in [6, 6.07) is 0.959. The molecule has 0 bridgehead atoms. The first-order chi connectivity index (χ1) is 8.11. The fourth-order valence-electron chi connectivity index (χ4n) is 1.26. The van der Waals surface area contributed by atoms with Gasteiger partial charge in [-0.15, -0.1) is 0 Å². The molecule has 5 N–H and O–H groups in total. The summed E-state index contributed by atoms with van der Waals surface area (Å²) in [5, 5.41) is 5.09. The molecule has 0 unspecified atom stereocenters. The van der Waals surface area contributed by atoms with Crippen molar-refractivity contribution in [2.45, 2.75) is 19.8 Å². The molecule has 1 heterocycles. The molecule has 1 aromatic rings. The molecule has 0 spiro atoms. The summed E-state index contributed by atoms with van der Waals surface area (Å²) in [7, 11) is 0. The van der Waals surface area contributed by atoms with Crippen molar-refractivity contribution >= 4 is 12.0 Å². The number of amides is 2. The van der Waals surface area contributed by atoms with E-state index in [9.17, 15) is 9.59 Å². The number of aryl methyl sites for hydroxylation is 1. The van der Waals surface area contributed by atoms with Gasteiger partial charge in [-0.2, -0.15) is 0 Å². The normalized spacial score (nSPS) is 10.0. The Balaban J connectivity index is 2.42. The first-order valence-corrected chi connectivity index (χ1v) is 5.44. The number of carbonyl (C=O) groups excluding carboxylic acids is 1. The summed E-state index contributed by atoms with van der Waals surface area (Å²) in [5.74, 6) is 0.145. The number of aromatic nitrogens is 2. The third-order valence-corrected chi connectivity index (χ3v) is 2.02. The quantitative estimate of drug-likeness (QED) is 0.539. The second kappa shape index (κ2) is 6.64.